The summed E-state index contributed by atoms with van der Waals surface area (Å²) in [4.78, 5) is 16.1. The van der Waals surface area contributed by atoms with Crippen LogP contribution in [0.15, 0.2) is 23.2 Å². The Hall–Kier alpha value is -2.00. The molecule has 21 heavy (non-hydrogen) atoms. The Kier molecular flexibility index (Phi) is 5.79. The predicted octanol–water partition coefficient (Wildman–Crippen LogP) is 3.19. The zero-order valence-corrected chi connectivity index (χ0v) is 13.7. The zero-order chi connectivity index (χ0) is 16.0. The van der Waals surface area contributed by atoms with Crippen LogP contribution in [0.3, 0.4) is 0 Å². The fourth-order valence-corrected chi connectivity index (χ4v) is 2.12. The minimum Gasteiger partial charge on any atom is -0.465 e. The smallest absolute Gasteiger partial charge is 0.337 e. The first kappa shape index (κ1) is 17.1. The van der Waals surface area contributed by atoms with Crippen LogP contribution in [0, 0.1) is 11.5 Å². The lowest BCUT2D eigenvalue weighted by molar-refractivity contribution is 0.0600. The number of rotatable bonds is 2. The van der Waals surface area contributed by atoms with E-state index in [1.165, 1.54) is 18.9 Å². The molecule has 0 saturated carbocycles. The standard InChI is InChI=1S/C15H19N3O2S/c1-15(2,3)11-7-6-10(13(19)20-4)8-12(11)18-14(21-5)17-9-16/h6-8H,1-5H3,(H,17,18). The molecule has 1 aromatic carbocycles. The second kappa shape index (κ2) is 7.14. The van der Waals surface area contributed by atoms with Crippen molar-refractivity contribution in [2.75, 3.05) is 13.4 Å². The van der Waals surface area contributed by atoms with Crippen molar-refractivity contribution in [3.63, 3.8) is 0 Å². The first-order chi connectivity index (χ1) is 9.83. The van der Waals surface area contributed by atoms with Crippen LogP contribution in [0.5, 0.6) is 0 Å². The predicted molar refractivity (Wildman–Crippen MR) is 85.8 cm³/mol. The topological polar surface area (TPSA) is 74.5 Å². The van der Waals surface area contributed by atoms with Crippen LogP contribution in [-0.2, 0) is 10.2 Å². The minimum absolute atomic E-state index is 0.135. The van der Waals surface area contributed by atoms with Crippen LogP contribution in [0.25, 0.3) is 0 Å². The summed E-state index contributed by atoms with van der Waals surface area (Å²) >= 11 is 1.33. The van der Waals surface area contributed by atoms with Crippen molar-refractivity contribution in [2.24, 2.45) is 4.99 Å². The summed E-state index contributed by atoms with van der Waals surface area (Å²) in [5, 5.41) is 11.7. The van der Waals surface area contributed by atoms with Gasteiger partial charge in [-0.15, -0.1) is 0 Å². The second-order valence-corrected chi connectivity index (χ2v) is 6.13. The lowest BCUT2D eigenvalue weighted by atomic mass is 9.85. The van der Waals surface area contributed by atoms with Crippen molar-refractivity contribution in [3.8, 4) is 6.19 Å². The molecule has 0 unspecified atom stereocenters. The van der Waals surface area contributed by atoms with Gasteiger partial charge >= 0.3 is 5.97 Å². The van der Waals surface area contributed by atoms with Gasteiger partial charge in [0.1, 0.15) is 0 Å². The Morgan fingerprint density at radius 1 is 1.43 bits per heavy atom. The minimum atomic E-state index is -0.411. The van der Waals surface area contributed by atoms with E-state index in [2.05, 4.69) is 31.1 Å². The number of methoxy groups -OCH3 is 1. The number of esters is 1. The van der Waals surface area contributed by atoms with Crippen molar-refractivity contribution in [2.45, 2.75) is 26.2 Å². The fourth-order valence-electron chi connectivity index (χ4n) is 1.79. The van der Waals surface area contributed by atoms with Crippen LogP contribution in [0.2, 0.25) is 0 Å². The maximum Gasteiger partial charge on any atom is 0.337 e. The number of carbonyl (C=O) groups is 1. The number of thioether (sulfide) groups is 1. The number of nitrogens with one attached hydrogen (secondary N) is 1. The van der Waals surface area contributed by atoms with Gasteiger partial charge in [0.15, 0.2) is 11.4 Å². The molecule has 0 bridgehead atoms. The van der Waals surface area contributed by atoms with E-state index in [9.17, 15) is 4.79 Å². The van der Waals surface area contributed by atoms with Crippen molar-refractivity contribution in [1.29, 1.82) is 5.26 Å². The quantitative estimate of drug-likeness (QED) is 0.298. The normalized spacial score (nSPS) is 11.7. The highest BCUT2D eigenvalue weighted by molar-refractivity contribution is 8.13. The zero-order valence-electron chi connectivity index (χ0n) is 12.9. The van der Waals surface area contributed by atoms with Crippen LogP contribution >= 0.6 is 11.8 Å². The number of nitrogens with zero attached hydrogens (tertiary/aromatic N) is 2. The molecule has 1 N–H and O–H groups in total. The van der Waals surface area contributed by atoms with E-state index in [0.29, 0.717) is 16.4 Å². The lowest BCUT2D eigenvalue weighted by Gasteiger charge is -2.21. The van der Waals surface area contributed by atoms with Crippen LogP contribution in [-0.4, -0.2) is 24.5 Å². The number of ether oxygens (including phenoxy) is 1. The molecule has 0 radical (unpaired) electrons. The third-order valence-electron chi connectivity index (χ3n) is 2.81. The molecule has 6 heteroatoms. The number of carbonyl (C=O) groups excluding carboxylic acids is 1. The molecule has 0 heterocycles. The molecule has 0 spiro atoms. The largest absolute Gasteiger partial charge is 0.465 e. The van der Waals surface area contributed by atoms with E-state index in [4.69, 9.17) is 10.00 Å². The van der Waals surface area contributed by atoms with Crippen LogP contribution in [0.4, 0.5) is 5.69 Å². The summed E-state index contributed by atoms with van der Waals surface area (Å²) in [6, 6.07) is 5.28. The van der Waals surface area contributed by atoms with Gasteiger partial charge in [-0.3, -0.25) is 5.32 Å². The third-order valence-corrected chi connectivity index (χ3v) is 3.39. The molecular formula is C15H19N3O2S. The number of nitriles is 1. The molecule has 112 valence electrons. The SMILES string of the molecule is COC(=O)c1ccc(C(C)(C)C)c(N=C(NC#N)SC)c1. The van der Waals surface area contributed by atoms with Gasteiger partial charge in [-0.1, -0.05) is 38.6 Å². The number of hydrogen-bond acceptors (Lipinski definition) is 5. The van der Waals surface area contributed by atoms with Crippen molar-refractivity contribution >= 4 is 28.6 Å². The molecular weight excluding hydrogens is 286 g/mol. The van der Waals surface area contributed by atoms with Gasteiger partial charge in [0.05, 0.1) is 18.4 Å². The van der Waals surface area contributed by atoms with E-state index < -0.39 is 5.97 Å². The highest BCUT2D eigenvalue weighted by Crippen LogP contribution is 2.33. The van der Waals surface area contributed by atoms with E-state index in [1.54, 1.807) is 12.1 Å². The molecule has 0 aromatic heterocycles. The Morgan fingerprint density at radius 2 is 2.10 bits per heavy atom. The Labute approximate surface area is 129 Å². The van der Waals surface area contributed by atoms with Gasteiger partial charge in [0.2, 0.25) is 0 Å². The summed E-state index contributed by atoms with van der Waals surface area (Å²) in [6.45, 7) is 6.20. The van der Waals surface area contributed by atoms with Crippen molar-refractivity contribution < 1.29 is 9.53 Å². The summed E-state index contributed by atoms with van der Waals surface area (Å²) < 4.78 is 4.73. The highest BCUT2D eigenvalue weighted by atomic mass is 32.2. The van der Waals surface area contributed by atoms with Gasteiger partial charge in [-0.2, -0.15) is 5.26 Å². The fraction of sp³-hybridized carbons (Fsp3) is 0.400. The molecule has 0 saturated heterocycles. The van der Waals surface area contributed by atoms with Gasteiger partial charge in [0.25, 0.3) is 0 Å². The first-order valence-corrected chi connectivity index (χ1v) is 7.56. The summed E-state index contributed by atoms with van der Waals surface area (Å²) in [5.74, 6) is -0.411. The van der Waals surface area contributed by atoms with E-state index in [1.807, 2.05) is 18.5 Å². The summed E-state index contributed by atoms with van der Waals surface area (Å²) in [7, 11) is 1.34. The first-order valence-electron chi connectivity index (χ1n) is 6.34. The number of hydrogen-bond donors (Lipinski definition) is 1. The monoisotopic (exact) mass is 305 g/mol. The average molecular weight is 305 g/mol. The van der Waals surface area contributed by atoms with Gasteiger partial charge < -0.3 is 4.74 Å². The third kappa shape index (κ3) is 4.50. The van der Waals surface area contributed by atoms with Gasteiger partial charge in [-0.05, 0) is 29.4 Å². The van der Waals surface area contributed by atoms with E-state index >= 15 is 0 Å². The number of aliphatic imine (C=N–C) groups is 1. The van der Waals surface area contributed by atoms with Crippen molar-refractivity contribution in [3.05, 3.63) is 29.3 Å². The molecule has 0 aliphatic rings. The molecule has 0 aliphatic heterocycles. The Morgan fingerprint density at radius 3 is 2.57 bits per heavy atom. The second-order valence-electron chi connectivity index (χ2n) is 5.33. The Bertz CT molecular complexity index is 598. The maximum absolute atomic E-state index is 11.7. The molecule has 1 aromatic rings. The number of amidine groups is 1. The lowest BCUT2D eigenvalue weighted by Crippen LogP contribution is -2.15. The van der Waals surface area contributed by atoms with Gasteiger partial charge in [-0.25, -0.2) is 9.79 Å². The Balaban J connectivity index is 3.43. The molecule has 0 atom stereocenters. The summed E-state index contributed by atoms with van der Waals surface area (Å²) in [6.07, 6.45) is 3.68. The molecule has 0 amide bonds. The van der Waals surface area contributed by atoms with Gasteiger partial charge in [0, 0.05) is 0 Å². The van der Waals surface area contributed by atoms with E-state index in [-0.39, 0.29) is 5.41 Å². The molecule has 1 rings (SSSR count). The van der Waals surface area contributed by atoms with Crippen LogP contribution < -0.4 is 5.32 Å². The molecule has 0 fully saturated rings. The van der Waals surface area contributed by atoms with Crippen molar-refractivity contribution in [1.82, 2.24) is 5.32 Å². The average Bonchev–Trinajstić information content (AvgIpc) is 2.44. The number of benzene rings is 1. The van der Waals surface area contributed by atoms with Crippen LogP contribution in [0.1, 0.15) is 36.7 Å². The van der Waals surface area contributed by atoms with E-state index in [0.717, 1.165) is 5.56 Å². The maximum atomic E-state index is 11.7. The highest BCUT2D eigenvalue weighted by Gasteiger charge is 2.20. The molecule has 5 nitrogen and oxygen atoms in total. The molecule has 0 aliphatic carbocycles. The summed E-state index contributed by atoms with van der Waals surface area (Å²) in [5.41, 5.74) is 1.93.